The molecule has 1 amide bonds. The van der Waals surface area contributed by atoms with E-state index < -0.39 is 5.60 Å². The molecule has 0 radical (unpaired) electrons. The van der Waals surface area contributed by atoms with E-state index in [-0.39, 0.29) is 18.7 Å². The maximum Gasteiger partial charge on any atom is 0.411 e. The number of fused-ring (bicyclic) bond motifs is 1. The third-order valence-corrected chi connectivity index (χ3v) is 3.16. The van der Waals surface area contributed by atoms with Gasteiger partial charge in [-0.2, -0.15) is 0 Å². The number of aliphatic hydroxyl groups is 1. The summed E-state index contributed by atoms with van der Waals surface area (Å²) in [6.45, 7) is 6.17. The predicted molar refractivity (Wildman–Crippen MR) is 72.7 cm³/mol. The summed E-state index contributed by atoms with van der Waals surface area (Å²) in [4.78, 5) is 13.9. The maximum absolute atomic E-state index is 12.2. The van der Waals surface area contributed by atoms with Crippen molar-refractivity contribution in [1.82, 2.24) is 4.90 Å². The quantitative estimate of drug-likeness (QED) is 0.892. The van der Waals surface area contributed by atoms with E-state index in [2.05, 4.69) is 0 Å². The summed E-state index contributed by atoms with van der Waals surface area (Å²) in [5.74, 6) is 0. The van der Waals surface area contributed by atoms with Gasteiger partial charge in [-0.1, -0.05) is 24.3 Å². The number of rotatable bonds is 2. The molecule has 2 rings (SSSR count). The van der Waals surface area contributed by atoms with E-state index in [4.69, 9.17) is 4.74 Å². The minimum Gasteiger partial charge on any atom is -0.444 e. The van der Waals surface area contributed by atoms with Gasteiger partial charge in [-0.05, 0) is 38.3 Å². The van der Waals surface area contributed by atoms with Crippen LogP contribution >= 0.6 is 0 Å². The fourth-order valence-electron chi connectivity index (χ4n) is 2.41. The molecule has 104 valence electrons. The molecule has 4 heteroatoms. The van der Waals surface area contributed by atoms with E-state index in [0.717, 1.165) is 11.1 Å². The van der Waals surface area contributed by atoms with Crippen LogP contribution in [0, 0.1) is 0 Å². The summed E-state index contributed by atoms with van der Waals surface area (Å²) < 4.78 is 5.43. The van der Waals surface area contributed by atoms with Crippen LogP contribution in [0.25, 0.3) is 0 Å². The van der Waals surface area contributed by atoms with Crippen molar-refractivity contribution in [3.05, 3.63) is 35.4 Å². The fraction of sp³-hybridized carbons (Fsp3) is 0.533. The van der Waals surface area contributed by atoms with E-state index in [1.54, 1.807) is 4.90 Å². The molecular formula is C15H21NO3. The molecule has 0 unspecified atom stereocenters. The first kappa shape index (κ1) is 13.9. The van der Waals surface area contributed by atoms with Gasteiger partial charge in [0.15, 0.2) is 0 Å². The van der Waals surface area contributed by atoms with Crippen LogP contribution in [-0.4, -0.2) is 28.3 Å². The van der Waals surface area contributed by atoms with Crippen molar-refractivity contribution in [2.45, 2.75) is 45.4 Å². The van der Waals surface area contributed by atoms with Gasteiger partial charge >= 0.3 is 6.09 Å². The van der Waals surface area contributed by atoms with Crippen LogP contribution in [0.5, 0.6) is 0 Å². The highest BCUT2D eigenvalue weighted by atomic mass is 16.6. The van der Waals surface area contributed by atoms with Gasteiger partial charge in [0.1, 0.15) is 5.60 Å². The summed E-state index contributed by atoms with van der Waals surface area (Å²) >= 11 is 0. The molecule has 1 heterocycles. The molecule has 0 aromatic heterocycles. The minimum absolute atomic E-state index is 0.0539. The number of amides is 1. The zero-order chi connectivity index (χ0) is 14.0. The average molecular weight is 263 g/mol. The van der Waals surface area contributed by atoms with Crippen LogP contribution in [0.15, 0.2) is 24.3 Å². The second-order valence-corrected chi connectivity index (χ2v) is 5.84. The maximum atomic E-state index is 12.2. The standard InChI is InChI=1S/C15H21NO3/c1-15(2,3)19-14(18)16-10-11-6-4-5-7-12(11)13(16)8-9-17/h4-7,13,17H,8-10H2,1-3H3/t13-/m0/s1. The Morgan fingerprint density at radius 1 is 1.42 bits per heavy atom. The number of hydrogen-bond acceptors (Lipinski definition) is 3. The Morgan fingerprint density at radius 2 is 2.11 bits per heavy atom. The van der Waals surface area contributed by atoms with Gasteiger partial charge in [0.05, 0.1) is 6.04 Å². The Morgan fingerprint density at radius 3 is 2.74 bits per heavy atom. The molecule has 0 saturated carbocycles. The highest BCUT2D eigenvalue weighted by Gasteiger charge is 2.35. The Kier molecular flexibility index (Phi) is 3.80. The van der Waals surface area contributed by atoms with Crippen LogP contribution in [0.1, 0.15) is 44.4 Å². The molecule has 0 spiro atoms. The first-order valence-electron chi connectivity index (χ1n) is 6.60. The minimum atomic E-state index is -0.504. The summed E-state index contributed by atoms with van der Waals surface area (Å²) in [7, 11) is 0. The number of carbonyl (C=O) groups is 1. The molecule has 1 N–H and O–H groups in total. The van der Waals surface area contributed by atoms with Gasteiger partial charge in [-0.15, -0.1) is 0 Å². The summed E-state index contributed by atoms with van der Waals surface area (Å²) in [6, 6.07) is 7.87. The molecule has 0 saturated heterocycles. The zero-order valence-corrected chi connectivity index (χ0v) is 11.7. The fourth-order valence-corrected chi connectivity index (χ4v) is 2.41. The molecule has 0 bridgehead atoms. The Balaban J connectivity index is 2.21. The molecule has 1 atom stereocenters. The van der Waals surface area contributed by atoms with E-state index in [1.165, 1.54) is 0 Å². The van der Waals surface area contributed by atoms with Gasteiger partial charge in [0, 0.05) is 13.2 Å². The molecule has 1 aliphatic rings. The first-order valence-corrected chi connectivity index (χ1v) is 6.60. The topological polar surface area (TPSA) is 49.8 Å². The van der Waals surface area contributed by atoms with E-state index in [9.17, 15) is 9.90 Å². The monoisotopic (exact) mass is 263 g/mol. The van der Waals surface area contributed by atoms with Crippen molar-refractivity contribution < 1.29 is 14.6 Å². The van der Waals surface area contributed by atoms with Crippen LogP contribution in [0.3, 0.4) is 0 Å². The van der Waals surface area contributed by atoms with Crippen LogP contribution in [-0.2, 0) is 11.3 Å². The van der Waals surface area contributed by atoms with Crippen LogP contribution in [0.4, 0.5) is 4.79 Å². The Labute approximate surface area is 114 Å². The van der Waals surface area contributed by atoms with Gasteiger partial charge in [0.2, 0.25) is 0 Å². The molecular weight excluding hydrogens is 242 g/mol. The lowest BCUT2D eigenvalue weighted by Gasteiger charge is -2.28. The molecule has 1 aliphatic heterocycles. The van der Waals surface area contributed by atoms with Crippen LogP contribution < -0.4 is 0 Å². The number of nitrogens with zero attached hydrogens (tertiary/aromatic N) is 1. The lowest BCUT2D eigenvalue weighted by atomic mass is 10.0. The van der Waals surface area contributed by atoms with Crippen molar-refractivity contribution in [3.63, 3.8) is 0 Å². The van der Waals surface area contributed by atoms with Gasteiger partial charge in [-0.3, -0.25) is 4.90 Å². The average Bonchev–Trinajstić information content (AvgIpc) is 2.67. The third kappa shape index (κ3) is 3.07. The lowest BCUT2D eigenvalue weighted by Crippen LogP contribution is -2.36. The summed E-state index contributed by atoms with van der Waals surface area (Å²) in [6.07, 6.45) is 0.220. The third-order valence-electron chi connectivity index (χ3n) is 3.16. The van der Waals surface area contributed by atoms with Crippen molar-refractivity contribution in [2.24, 2.45) is 0 Å². The number of hydrogen-bond donors (Lipinski definition) is 1. The van der Waals surface area contributed by atoms with Crippen molar-refractivity contribution in [1.29, 1.82) is 0 Å². The van der Waals surface area contributed by atoms with Gasteiger partial charge in [0.25, 0.3) is 0 Å². The SMILES string of the molecule is CC(C)(C)OC(=O)N1Cc2ccccc2[C@@H]1CCO. The number of aliphatic hydroxyl groups excluding tert-OH is 1. The highest BCUT2D eigenvalue weighted by Crippen LogP contribution is 2.36. The lowest BCUT2D eigenvalue weighted by molar-refractivity contribution is 0.0150. The van der Waals surface area contributed by atoms with Gasteiger partial charge in [-0.25, -0.2) is 4.79 Å². The molecule has 1 aromatic rings. The Hall–Kier alpha value is -1.55. The number of carbonyl (C=O) groups excluding carboxylic acids is 1. The molecule has 1 aromatic carbocycles. The van der Waals surface area contributed by atoms with Crippen molar-refractivity contribution >= 4 is 6.09 Å². The van der Waals surface area contributed by atoms with E-state index in [0.29, 0.717) is 13.0 Å². The first-order chi connectivity index (χ1) is 8.92. The largest absolute Gasteiger partial charge is 0.444 e. The number of ether oxygens (including phenoxy) is 1. The Bertz CT molecular complexity index is 465. The molecule has 4 nitrogen and oxygen atoms in total. The smallest absolute Gasteiger partial charge is 0.411 e. The second-order valence-electron chi connectivity index (χ2n) is 5.84. The highest BCUT2D eigenvalue weighted by molar-refractivity contribution is 5.70. The summed E-state index contributed by atoms with van der Waals surface area (Å²) in [5, 5.41) is 9.21. The normalized spacial score (nSPS) is 18.3. The second kappa shape index (κ2) is 5.21. The van der Waals surface area contributed by atoms with E-state index >= 15 is 0 Å². The van der Waals surface area contributed by atoms with Crippen LogP contribution in [0.2, 0.25) is 0 Å². The van der Waals surface area contributed by atoms with E-state index in [1.807, 2.05) is 45.0 Å². The van der Waals surface area contributed by atoms with Crippen molar-refractivity contribution in [3.8, 4) is 0 Å². The van der Waals surface area contributed by atoms with Gasteiger partial charge < -0.3 is 9.84 Å². The molecule has 19 heavy (non-hydrogen) atoms. The summed E-state index contributed by atoms with van der Waals surface area (Å²) in [5.41, 5.74) is 1.74. The molecule has 0 fully saturated rings. The number of benzene rings is 1. The predicted octanol–water partition coefficient (Wildman–Crippen LogP) is 2.86. The molecule has 0 aliphatic carbocycles. The zero-order valence-electron chi connectivity index (χ0n) is 11.7. The van der Waals surface area contributed by atoms with Crippen molar-refractivity contribution in [2.75, 3.05) is 6.61 Å².